The van der Waals surface area contributed by atoms with E-state index in [0.717, 1.165) is 0 Å². The van der Waals surface area contributed by atoms with E-state index < -0.39 is 0 Å². The number of nitrogens with one attached hydrogen (secondary N) is 1. The molecule has 0 saturated carbocycles. The third kappa shape index (κ3) is 2.59. The third-order valence-corrected chi connectivity index (χ3v) is 1.52. The van der Waals surface area contributed by atoms with Gasteiger partial charge in [-0.25, -0.2) is 0 Å². The van der Waals surface area contributed by atoms with Crippen molar-refractivity contribution in [2.75, 3.05) is 0 Å². The molecule has 0 fully saturated rings. The summed E-state index contributed by atoms with van der Waals surface area (Å²) in [5.74, 6) is 0.340. The van der Waals surface area contributed by atoms with Gasteiger partial charge in [0, 0.05) is 24.5 Å². The van der Waals surface area contributed by atoms with Crippen molar-refractivity contribution in [1.29, 1.82) is 0 Å². The van der Waals surface area contributed by atoms with Crippen LogP contribution in [0.3, 0.4) is 0 Å². The normalized spacial score (nSPS) is 10.5. The molecule has 0 aliphatic heterocycles. The minimum absolute atomic E-state index is 0.00447. The van der Waals surface area contributed by atoms with Crippen LogP contribution in [0, 0.1) is 0 Å². The molecule has 0 unspecified atom stereocenters. The van der Waals surface area contributed by atoms with E-state index in [-0.39, 0.29) is 11.5 Å². The molecule has 0 spiro atoms. The Kier molecular flexibility index (Phi) is 3.08. The van der Waals surface area contributed by atoms with Gasteiger partial charge in [0.25, 0.3) is 0 Å². The summed E-state index contributed by atoms with van der Waals surface area (Å²) in [5, 5.41) is 0. The predicted octanol–water partition coefficient (Wildman–Crippen LogP) is 0.621. The predicted molar refractivity (Wildman–Crippen MR) is 50.7 cm³/mol. The Morgan fingerprint density at radius 2 is 2.31 bits per heavy atom. The molecular weight excluding hydrogens is 168 g/mol. The quantitative estimate of drug-likeness (QED) is 0.720. The molecule has 4 nitrogen and oxygen atoms in total. The van der Waals surface area contributed by atoms with Crippen LogP contribution in [0.2, 0.25) is 0 Å². The number of hydrogen-bond donors (Lipinski definition) is 2. The van der Waals surface area contributed by atoms with Crippen LogP contribution in [-0.4, -0.2) is 11.1 Å². The molecule has 0 amide bonds. The first-order valence-corrected chi connectivity index (χ1v) is 4.22. The molecular formula is C9H14N2O2. The standard InChI is InChI=1S/C9H14N2O2/c1-6(2)13-9-5-11-7(4-10)3-8(9)12/h3,5-6H,4,10H2,1-2H3,(H,11,12). The molecule has 0 saturated heterocycles. The highest BCUT2D eigenvalue weighted by molar-refractivity contribution is 5.20. The van der Waals surface area contributed by atoms with Crippen LogP contribution in [0.15, 0.2) is 17.1 Å². The minimum atomic E-state index is -0.132. The fraction of sp³-hybridized carbons (Fsp3) is 0.444. The molecule has 0 radical (unpaired) electrons. The van der Waals surface area contributed by atoms with Gasteiger partial charge < -0.3 is 15.5 Å². The van der Waals surface area contributed by atoms with Gasteiger partial charge in [-0.2, -0.15) is 0 Å². The molecule has 4 heteroatoms. The van der Waals surface area contributed by atoms with E-state index in [1.54, 1.807) is 6.20 Å². The van der Waals surface area contributed by atoms with Crippen LogP contribution in [-0.2, 0) is 6.54 Å². The Morgan fingerprint density at radius 1 is 1.62 bits per heavy atom. The molecule has 1 aromatic heterocycles. The highest BCUT2D eigenvalue weighted by Gasteiger charge is 2.02. The van der Waals surface area contributed by atoms with Crippen molar-refractivity contribution in [2.24, 2.45) is 5.73 Å². The van der Waals surface area contributed by atoms with Crippen LogP contribution >= 0.6 is 0 Å². The van der Waals surface area contributed by atoms with Crippen LogP contribution in [0.25, 0.3) is 0 Å². The van der Waals surface area contributed by atoms with Gasteiger partial charge in [0.1, 0.15) is 0 Å². The van der Waals surface area contributed by atoms with E-state index in [4.69, 9.17) is 10.5 Å². The Balaban J connectivity index is 2.92. The molecule has 3 N–H and O–H groups in total. The number of rotatable bonds is 3. The second kappa shape index (κ2) is 4.09. The zero-order valence-electron chi connectivity index (χ0n) is 7.83. The van der Waals surface area contributed by atoms with E-state index in [1.807, 2.05) is 13.8 Å². The SMILES string of the molecule is CC(C)Oc1c[nH]c(CN)cc1=O. The summed E-state index contributed by atoms with van der Waals surface area (Å²) >= 11 is 0. The second-order valence-electron chi connectivity index (χ2n) is 3.06. The summed E-state index contributed by atoms with van der Waals surface area (Å²) < 4.78 is 5.26. The van der Waals surface area contributed by atoms with Crippen LogP contribution in [0.5, 0.6) is 5.75 Å². The first kappa shape index (κ1) is 9.80. The van der Waals surface area contributed by atoms with Crippen molar-refractivity contribution in [3.63, 3.8) is 0 Å². The van der Waals surface area contributed by atoms with Crippen molar-refractivity contribution < 1.29 is 4.74 Å². The Labute approximate surface area is 76.7 Å². The van der Waals surface area contributed by atoms with Crippen molar-refractivity contribution >= 4 is 0 Å². The molecule has 72 valence electrons. The molecule has 0 atom stereocenters. The molecule has 0 aliphatic rings. The minimum Gasteiger partial charge on any atom is -0.485 e. The fourth-order valence-electron chi connectivity index (χ4n) is 0.964. The number of hydrogen-bond acceptors (Lipinski definition) is 3. The van der Waals surface area contributed by atoms with Crippen molar-refractivity contribution in [1.82, 2.24) is 4.98 Å². The van der Waals surface area contributed by atoms with Crippen molar-refractivity contribution in [3.8, 4) is 5.75 Å². The number of aromatic amines is 1. The first-order chi connectivity index (χ1) is 6.13. The number of nitrogens with two attached hydrogens (primary N) is 1. The zero-order valence-corrected chi connectivity index (χ0v) is 7.83. The van der Waals surface area contributed by atoms with Gasteiger partial charge in [-0.3, -0.25) is 4.79 Å². The summed E-state index contributed by atoms with van der Waals surface area (Å²) in [7, 11) is 0. The van der Waals surface area contributed by atoms with E-state index >= 15 is 0 Å². The molecule has 1 aromatic rings. The lowest BCUT2D eigenvalue weighted by Gasteiger charge is -2.08. The van der Waals surface area contributed by atoms with Gasteiger partial charge in [0.2, 0.25) is 5.43 Å². The van der Waals surface area contributed by atoms with Crippen molar-refractivity contribution in [3.05, 3.63) is 28.2 Å². The molecule has 0 aromatic carbocycles. The lowest BCUT2D eigenvalue weighted by atomic mass is 10.3. The summed E-state index contributed by atoms with van der Waals surface area (Å²) in [4.78, 5) is 14.2. The van der Waals surface area contributed by atoms with Crippen LogP contribution in [0.4, 0.5) is 0 Å². The Morgan fingerprint density at radius 3 is 2.77 bits per heavy atom. The van der Waals surface area contributed by atoms with Gasteiger partial charge in [-0.1, -0.05) is 0 Å². The second-order valence-corrected chi connectivity index (χ2v) is 3.06. The highest BCUT2D eigenvalue weighted by atomic mass is 16.5. The third-order valence-electron chi connectivity index (χ3n) is 1.52. The average molecular weight is 182 g/mol. The Bertz CT molecular complexity index is 331. The topological polar surface area (TPSA) is 68.1 Å². The molecule has 1 rings (SSSR count). The summed E-state index contributed by atoms with van der Waals surface area (Å²) in [6, 6.07) is 1.46. The monoisotopic (exact) mass is 182 g/mol. The van der Waals surface area contributed by atoms with Gasteiger partial charge in [-0.15, -0.1) is 0 Å². The average Bonchev–Trinajstić information content (AvgIpc) is 2.08. The van der Waals surface area contributed by atoms with E-state index in [2.05, 4.69) is 4.98 Å². The molecule has 0 aliphatic carbocycles. The number of pyridine rings is 1. The van der Waals surface area contributed by atoms with Gasteiger partial charge in [-0.05, 0) is 13.8 Å². The van der Waals surface area contributed by atoms with Gasteiger partial charge in [0.05, 0.1) is 6.10 Å². The Hall–Kier alpha value is -1.29. The first-order valence-electron chi connectivity index (χ1n) is 4.22. The number of aromatic nitrogens is 1. The maximum Gasteiger partial charge on any atom is 0.223 e. The molecule has 13 heavy (non-hydrogen) atoms. The van der Waals surface area contributed by atoms with Gasteiger partial charge in [0.15, 0.2) is 5.75 Å². The summed E-state index contributed by atoms with van der Waals surface area (Å²) in [6.07, 6.45) is 1.55. The highest BCUT2D eigenvalue weighted by Crippen LogP contribution is 2.03. The number of H-pyrrole nitrogens is 1. The largest absolute Gasteiger partial charge is 0.485 e. The number of ether oxygens (including phenoxy) is 1. The molecule has 1 heterocycles. The maximum atomic E-state index is 11.3. The summed E-state index contributed by atoms with van der Waals surface area (Å²) in [6.45, 7) is 4.07. The smallest absolute Gasteiger partial charge is 0.223 e. The van der Waals surface area contributed by atoms with E-state index in [0.29, 0.717) is 18.0 Å². The van der Waals surface area contributed by atoms with Gasteiger partial charge >= 0.3 is 0 Å². The van der Waals surface area contributed by atoms with Crippen molar-refractivity contribution in [2.45, 2.75) is 26.5 Å². The maximum absolute atomic E-state index is 11.3. The van der Waals surface area contributed by atoms with E-state index in [1.165, 1.54) is 6.07 Å². The van der Waals surface area contributed by atoms with E-state index in [9.17, 15) is 4.79 Å². The van der Waals surface area contributed by atoms with Crippen LogP contribution < -0.4 is 15.9 Å². The lowest BCUT2D eigenvalue weighted by Crippen LogP contribution is -2.15. The fourth-order valence-corrected chi connectivity index (χ4v) is 0.964. The summed E-state index contributed by atoms with van der Waals surface area (Å²) in [5.41, 5.74) is 5.94. The van der Waals surface area contributed by atoms with Crippen LogP contribution in [0.1, 0.15) is 19.5 Å². The lowest BCUT2D eigenvalue weighted by molar-refractivity contribution is 0.239. The molecule has 0 bridgehead atoms. The zero-order chi connectivity index (χ0) is 9.84.